The monoisotopic (exact) mass is 291 g/mol. The Kier molecular flexibility index (Phi) is 4.41. The van der Waals surface area contributed by atoms with Gasteiger partial charge < -0.3 is 15.4 Å². The zero-order chi connectivity index (χ0) is 14.7. The summed E-state index contributed by atoms with van der Waals surface area (Å²) in [6, 6.07) is 0.391. The van der Waals surface area contributed by atoms with Gasteiger partial charge in [-0.2, -0.15) is 15.0 Å². The molecule has 0 spiro atoms. The lowest BCUT2D eigenvalue weighted by molar-refractivity contribution is 0.118. The van der Waals surface area contributed by atoms with E-state index in [0.29, 0.717) is 17.9 Å². The van der Waals surface area contributed by atoms with E-state index in [1.807, 2.05) is 0 Å². The molecule has 0 radical (unpaired) electrons. The Morgan fingerprint density at radius 2 is 1.86 bits per heavy atom. The second-order valence-electron chi connectivity index (χ2n) is 6.34. The summed E-state index contributed by atoms with van der Waals surface area (Å²) >= 11 is 0. The fraction of sp³-hybridized carbons (Fsp3) is 0.800. The Morgan fingerprint density at radius 1 is 1.05 bits per heavy atom. The normalized spacial score (nSPS) is 26.6. The van der Waals surface area contributed by atoms with E-state index in [-0.39, 0.29) is 12.1 Å². The van der Waals surface area contributed by atoms with Crippen molar-refractivity contribution >= 4 is 11.9 Å². The SMILES string of the molecule is CC1CCCC(Oc2nc(N)nc(N3CCCCC3)n2)C1. The zero-order valence-corrected chi connectivity index (χ0v) is 12.8. The minimum Gasteiger partial charge on any atom is -0.460 e. The Balaban J connectivity index is 1.71. The highest BCUT2D eigenvalue weighted by atomic mass is 16.5. The van der Waals surface area contributed by atoms with Crippen LogP contribution in [0.15, 0.2) is 0 Å². The molecule has 2 atom stereocenters. The number of hydrogen-bond donors (Lipinski definition) is 1. The largest absolute Gasteiger partial charge is 0.460 e. The fourth-order valence-corrected chi connectivity index (χ4v) is 3.28. The van der Waals surface area contributed by atoms with Crippen LogP contribution in [-0.4, -0.2) is 34.1 Å². The van der Waals surface area contributed by atoms with Crippen LogP contribution in [0.2, 0.25) is 0 Å². The molecular weight excluding hydrogens is 266 g/mol. The van der Waals surface area contributed by atoms with Crippen molar-refractivity contribution in [2.75, 3.05) is 23.7 Å². The first-order valence-electron chi connectivity index (χ1n) is 8.14. The van der Waals surface area contributed by atoms with Crippen LogP contribution in [0.3, 0.4) is 0 Å². The standard InChI is InChI=1S/C15H25N5O/c1-11-6-5-7-12(10-11)21-15-18-13(16)17-14(19-15)20-8-3-2-4-9-20/h11-12H,2-10H2,1H3,(H2,16,17,18,19). The van der Waals surface area contributed by atoms with Crippen LogP contribution in [0.4, 0.5) is 11.9 Å². The van der Waals surface area contributed by atoms with Gasteiger partial charge in [-0.25, -0.2) is 0 Å². The summed E-state index contributed by atoms with van der Waals surface area (Å²) in [6.45, 7) is 4.25. The molecule has 1 aliphatic carbocycles. The van der Waals surface area contributed by atoms with Crippen LogP contribution in [-0.2, 0) is 0 Å². The van der Waals surface area contributed by atoms with Gasteiger partial charge in [0.2, 0.25) is 11.9 Å². The van der Waals surface area contributed by atoms with Gasteiger partial charge in [0.1, 0.15) is 6.10 Å². The van der Waals surface area contributed by atoms with E-state index in [2.05, 4.69) is 26.8 Å². The summed E-state index contributed by atoms with van der Waals surface area (Å²) in [5.74, 6) is 1.63. The highest BCUT2D eigenvalue weighted by Crippen LogP contribution is 2.27. The maximum atomic E-state index is 5.97. The molecule has 116 valence electrons. The number of piperidine rings is 1. The third-order valence-corrected chi connectivity index (χ3v) is 4.42. The van der Waals surface area contributed by atoms with Gasteiger partial charge in [0.05, 0.1) is 0 Å². The number of nitrogen functional groups attached to an aromatic ring is 1. The highest BCUT2D eigenvalue weighted by molar-refractivity contribution is 5.36. The van der Waals surface area contributed by atoms with Crippen LogP contribution < -0.4 is 15.4 Å². The molecule has 6 nitrogen and oxygen atoms in total. The maximum absolute atomic E-state index is 5.97. The number of hydrogen-bond acceptors (Lipinski definition) is 6. The number of nitrogens with two attached hydrogens (primary N) is 1. The van der Waals surface area contributed by atoms with Crippen molar-refractivity contribution in [3.8, 4) is 6.01 Å². The predicted octanol–water partition coefficient (Wildman–Crippen LogP) is 2.40. The number of anilines is 2. The molecule has 21 heavy (non-hydrogen) atoms. The lowest BCUT2D eigenvalue weighted by Gasteiger charge is -2.28. The molecule has 1 saturated carbocycles. The molecule has 2 heterocycles. The van der Waals surface area contributed by atoms with E-state index in [4.69, 9.17) is 10.5 Å². The van der Waals surface area contributed by atoms with Crippen molar-refractivity contribution < 1.29 is 4.74 Å². The van der Waals surface area contributed by atoms with Crippen molar-refractivity contribution in [1.82, 2.24) is 15.0 Å². The molecule has 2 aliphatic rings. The minimum absolute atomic E-state index is 0.213. The average Bonchev–Trinajstić information content (AvgIpc) is 2.47. The van der Waals surface area contributed by atoms with Crippen LogP contribution in [0.25, 0.3) is 0 Å². The van der Waals surface area contributed by atoms with Gasteiger partial charge in [-0.15, -0.1) is 0 Å². The van der Waals surface area contributed by atoms with E-state index in [1.54, 1.807) is 0 Å². The molecule has 2 fully saturated rings. The summed E-state index contributed by atoms with van der Waals surface area (Å²) in [7, 11) is 0. The van der Waals surface area contributed by atoms with Gasteiger partial charge in [0.25, 0.3) is 0 Å². The Hall–Kier alpha value is -1.59. The lowest BCUT2D eigenvalue weighted by Crippen LogP contribution is -2.32. The molecule has 1 aliphatic heterocycles. The first-order valence-corrected chi connectivity index (χ1v) is 8.14. The van der Waals surface area contributed by atoms with Crippen LogP contribution in [0.5, 0.6) is 6.01 Å². The van der Waals surface area contributed by atoms with E-state index < -0.39 is 0 Å². The Labute approximate surface area is 126 Å². The third kappa shape index (κ3) is 3.74. The predicted molar refractivity (Wildman–Crippen MR) is 82.4 cm³/mol. The zero-order valence-electron chi connectivity index (χ0n) is 12.8. The minimum atomic E-state index is 0.213. The van der Waals surface area contributed by atoms with Gasteiger partial charge >= 0.3 is 6.01 Å². The molecule has 1 aromatic rings. The van der Waals surface area contributed by atoms with Gasteiger partial charge in [-0.05, 0) is 44.4 Å². The second-order valence-corrected chi connectivity index (χ2v) is 6.34. The molecule has 3 rings (SSSR count). The van der Waals surface area contributed by atoms with Crippen LogP contribution in [0, 0.1) is 5.92 Å². The number of aromatic nitrogens is 3. The van der Waals surface area contributed by atoms with Gasteiger partial charge in [-0.3, -0.25) is 0 Å². The van der Waals surface area contributed by atoms with Gasteiger partial charge in [0.15, 0.2) is 0 Å². The van der Waals surface area contributed by atoms with Crippen molar-refractivity contribution in [3.05, 3.63) is 0 Å². The molecule has 6 heteroatoms. The first-order chi connectivity index (χ1) is 10.2. The van der Waals surface area contributed by atoms with E-state index in [0.717, 1.165) is 25.9 Å². The van der Waals surface area contributed by atoms with Crippen LogP contribution in [0.1, 0.15) is 51.9 Å². The molecule has 1 saturated heterocycles. The molecule has 2 unspecified atom stereocenters. The van der Waals surface area contributed by atoms with Gasteiger partial charge in [0, 0.05) is 13.1 Å². The van der Waals surface area contributed by atoms with E-state index in [1.165, 1.54) is 32.1 Å². The first kappa shape index (κ1) is 14.4. The summed E-state index contributed by atoms with van der Waals surface area (Å²) in [5, 5.41) is 0. The number of rotatable bonds is 3. The Bertz CT molecular complexity index is 475. The molecule has 0 bridgehead atoms. The van der Waals surface area contributed by atoms with Crippen molar-refractivity contribution in [3.63, 3.8) is 0 Å². The van der Waals surface area contributed by atoms with Crippen molar-refractivity contribution in [2.45, 2.75) is 58.0 Å². The fourth-order valence-electron chi connectivity index (χ4n) is 3.28. The molecule has 2 N–H and O–H groups in total. The quantitative estimate of drug-likeness (QED) is 0.921. The summed E-state index contributed by atoms with van der Waals surface area (Å²) in [5.41, 5.74) is 5.83. The summed E-state index contributed by atoms with van der Waals surface area (Å²) < 4.78 is 5.97. The molecular formula is C15H25N5O. The lowest BCUT2D eigenvalue weighted by atomic mass is 9.89. The smallest absolute Gasteiger partial charge is 0.323 e. The van der Waals surface area contributed by atoms with Gasteiger partial charge in [-0.1, -0.05) is 13.3 Å². The van der Waals surface area contributed by atoms with E-state index >= 15 is 0 Å². The summed E-state index contributed by atoms with van der Waals surface area (Å²) in [6.07, 6.45) is 8.51. The van der Waals surface area contributed by atoms with Crippen molar-refractivity contribution in [2.24, 2.45) is 5.92 Å². The van der Waals surface area contributed by atoms with Crippen molar-refractivity contribution in [1.29, 1.82) is 0 Å². The summed E-state index contributed by atoms with van der Waals surface area (Å²) in [4.78, 5) is 15.1. The third-order valence-electron chi connectivity index (χ3n) is 4.42. The number of ether oxygens (including phenoxy) is 1. The molecule has 0 aromatic carbocycles. The molecule has 0 amide bonds. The molecule has 1 aromatic heterocycles. The second kappa shape index (κ2) is 6.45. The van der Waals surface area contributed by atoms with E-state index in [9.17, 15) is 0 Å². The average molecular weight is 291 g/mol. The highest BCUT2D eigenvalue weighted by Gasteiger charge is 2.22. The topological polar surface area (TPSA) is 77.2 Å². The Morgan fingerprint density at radius 3 is 2.62 bits per heavy atom. The number of nitrogens with zero attached hydrogens (tertiary/aromatic N) is 4. The maximum Gasteiger partial charge on any atom is 0.323 e. The van der Waals surface area contributed by atoms with Crippen LogP contribution >= 0.6 is 0 Å².